The first-order valence-electron chi connectivity index (χ1n) is 12.7. The molecule has 0 saturated carbocycles. The van der Waals surface area contributed by atoms with E-state index in [4.69, 9.17) is 9.15 Å². The molecule has 0 aliphatic carbocycles. The van der Waals surface area contributed by atoms with Crippen molar-refractivity contribution in [3.8, 4) is 5.75 Å². The Balaban J connectivity index is 1.69. The molecule has 1 aliphatic rings. The minimum absolute atomic E-state index is 0.0309. The number of benzene rings is 2. The smallest absolute Gasteiger partial charge is 0.290 e. The predicted octanol–water partition coefficient (Wildman–Crippen LogP) is 5.62. The summed E-state index contributed by atoms with van der Waals surface area (Å²) in [6.07, 6.45) is 2.37. The standard InChI is InChI=1S/C30H34N2O5/c1-5-17-36-23-12-10-21(11-13-23)27-26(28(33)25-19-22-18-20(4)9-14-24(22)37-25)29(34)30(35)32(27)16-8-15-31(6-2)7-3/h5,9-14,18-19,27,34H,1,6-8,15-17H2,2-4H3. The summed E-state index contributed by atoms with van der Waals surface area (Å²) in [7, 11) is 0. The van der Waals surface area contributed by atoms with Crippen LogP contribution in [-0.4, -0.2) is 59.4 Å². The van der Waals surface area contributed by atoms with Gasteiger partial charge in [0.1, 0.15) is 17.9 Å². The number of fused-ring (bicyclic) bond motifs is 1. The van der Waals surface area contributed by atoms with E-state index < -0.39 is 23.5 Å². The number of carbonyl (C=O) groups excluding carboxylic acids is 2. The molecule has 0 fully saturated rings. The Kier molecular flexibility index (Phi) is 8.14. The number of furan rings is 1. The van der Waals surface area contributed by atoms with Gasteiger partial charge in [0.05, 0.1) is 11.6 Å². The molecule has 1 unspecified atom stereocenters. The fourth-order valence-corrected chi connectivity index (χ4v) is 4.78. The van der Waals surface area contributed by atoms with Crippen molar-refractivity contribution in [3.63, 3.8) is 0 Å². The quantitative estimate of drug-likeness (QED) is 0.256. The van der Waals surface area contributed by atoms with Gasteiger partial charge in [-0.25, -0.2) is 0 Å². The van der Waals surface area contributed by atoms with Gasteiger partial charge in [-0.15, -0.1) is 0 Å². The summed E-state index contributed by atoms with van der Waals surface area (Å²) in [5.74, 6) is -0.832. The molecular weight excluding hydrogens is 468 g/mol. The average Bonchev–Trinajstić information content (AvgIpc) is 3.44. The number of Topliss-reactive ketones (excluding diaryl/α,β-unsaturated/α-hetero) is 1. The molecule has 37 heavy (non-hydrogen) atoms. The van der Waals surface area contributed by atoms with Crippen LogP contribution in [0, 0.1) is 6.92 Å². The van der Waals surface area contributed by atoms with Crippen LogP contribution in [0.1, 0.15) is 48.0 Å². The van der Waals surface area contributed by atoms with E-state index >= 15 is 0 Å². The van der Waals surface area contributed by atoms with Crippen LogP contribution >= 0.6 is 0 Å². The third-order valence-corrected chi connectivity index (χ3v) is 6.78. The number of rotatable bonds is 12. The summed E-state index contributed by atoms with van der Waals surface area (Å²) in [5.41, 5.74) is 2.36. The van der Waals surface area contributed by atoms with Crippen molar-refractivity contribution in [2.24, 2.45) is 0 Å². The topological polar surface area (TPSA) is 83.2 Å². The van der Waals surface area contributed by atoms with E-state index in [1.54, 1.807) is 29.2 Å². The van der Waals surface area contributed by atoms with Gasteiger partial charge in [-0.3, -0.25) is 9.59 Å². The summed E-state index contributed by atoms with van der Waals surface area (Å²) in [6, 6.07) is 13.8. The summed E-state index contributed by atoms with van der Waals surface area (Å²) in [6.45, 7) is 13.2. The molecular formula is C30H34N2O5. The molecule has 0 radical (unpaired) electrons. The molecule has 194 valence electrons. The van der Waals surface area contributed by atoms with E-state index in [1.807, 2.05) is 37.3 Å². The van der Waals surface area contributed by atoms with Crippen LogP contribution in [0.5, 0.6) is 5.75 Å². The SMILES string of the molecule is C=CCOc1ccc(C2C(C(=O)c3cc4cc(C)ccc4o3)=C(O)C(=O)N2CCCN(CC)CC)cc1. The maximum atomic E-state index is 13.7. The van der Waals surface area contributed by atoms with Crippen molar-refractivity contribution in [3.05, 3.63) is 89.4 Å². The number of hydrogen-bond donors (Lipinski definition) is 1. The normalized spacial score (nSPS) is 15.7. The molecule has 1 aromatic heterocycles. The second-order valence-electron chi connectivity index (χ2n) is 9.19. The lowest BCUT2D eigenvalue weighted by Gasteiger charge is -2.28. The van der Waals surface area contributed by atoms with Gasteiger partial charge < -0.3 is 24.1 Å². The highest BCUT2D eigenvalue weighted by molar-refractivity contribution is 6.16. The van der Waals surface area contributed by atoms with E-state index in [0.29, 0.717) is 36.5 Å². The van der Waals surface area contributed by atoms with Crippen LogP contribution in [0.25, 0.3) is 11.0 Å². The van der Waals surface area contributed by atoms with Crippen LogP contribution < -0.4 is 4.74 Å². The molecule has 1 atom stereocenters. The number of ether oxygens (including phenoxy) is 1. The highest BCUT2D eigenvalue weighted by Gasteiger charge is 2.44. The molecule has 2 heterocycles. The van der Waals surface area contributed by atoms with Crippen LogP contribution in [0.15, 0.2) is 76.9 Å². The number of aliphatic hydroxyl groups is 1. The van der Waals surface area contributed by atoms with Gasteiger partial charge in [0.25, 0.3) is 5.91 Å². The van der Waals surface area contributed by atoms with Crippen molar-refractivity contribution in [2.75, 3.05) is 32.8 Å². The van der Waals surface area contributed by atoms with Crippen LogP contribution in [0.4, 0.5) is 0 Å². The van der Waals surface area contributed by atoms with Gasteiger partial charge in [-0.1, -0.05) is 50.3 Å². The summed E-state index contributed by atoms with van der Waals surface area (Å²) in [4.78, 5) is 30.9. The van der Waals surface area contributed by atoms with Crippen molar-refractivity contribution < 1.29 is 23.8 Å². The molecule has 1 aliphatic heterocycles. The number of carbonyl (C=O) groups is 2. The lowest BCUT2D eigenvalue weighted by molar-refractivity contribution is -0.129. The Hall–Kier alpha value is -3.84. The maximum absolute atomic E-state index is 13.7. The van der Waals surface area contributed by atoms with Crippen LogP contribution in [0.2, 0.25) is 0 Å². The molecule has 4 rings (SSSR count). The average molecular weight is 503 g/mol. The zero-order valence-corrected chi connectivity index (χ0v) is 21.7. The third kappa shape index (κ3) is 5.47. The lowest BCUT2D eigenvalue weighted by atomic mass is 9.95. The molecule has 0 spiro atoms. The molecule has 0 saturated heterocycles. The summed E-state index contributed by atoms with van der Waals surface area (Å²) in [5, 5.41) is 11.8. The zero-order valence-electron chi connectivity index (χ0n) is 21.7. The Morgan fingerprint density at radius 3 is 2.57 bits per heavy atom. The van der Waals surface area contributed by atoms with Crippen molar-refractivity contribution >= 4 is 22.7 Å². The number of ketones is 1. The molecule has 2 aromatic carbocycles. The summed E-state index contributed by atoms with van der Waals surface area (Å²) >= 11 is 0. The van der Waals surface area contributed by atoms with E-state index in [9.17, 15) is 14.7 Å². The van der Waals surface area contributed by atoms with Gasteiger partial charge >= 0.3 is 0 Å². The maximum Gasteiger partial charge on any atom is 0.290 e. The predicted molar refractivity (Wildman–Crippen MR) is 144 cm³/mol. The largest absolute Gasteiger partial charge is 0.503 e. The number of aliphatic hydroxyl groups excluding tert-OH is 1. The monoisotopic (exact) mass is 502 g/mol. The van der Waals surface area contributed by atoms with Crippen molar-refractivity contribution in [2.45, 2.75) is 33.2 Å². The first-order chi connectivity index (χ1) is 17.9. The Bertz CT molecular complexity index is 1320. The second-order valence-corrected chi connectivity index (χ2v) is 9.19. The fraction of sp³-hybridized carbons (Fsp3) is 0.333. The van der Waals surface area contributed by atoms with E-state index in [1.165, 1.54) is 0 Å². The van der Waals surface area contributed by atoms with E-state index in [2.05, 4.69) is 25.3 Å². The van der Waals surface area contributed by atoms with Gasteiger partial charge in [-0.05, 0) is 68.9 Å². The third-order valence-electron chi connectivity index (χ3n) is 6.78. The highest BCUT2D eigenvalue weighted by Crippen LogP contribution is 2.40. The molecule has 0 bridgehead atoms. The molecule has 3 aromatic rings. The van der Waals surface area contributed by atoms with Crippen LogP contribution in [-0.2, 0) is 4.79 Å². The Labute approximate surface area is 217 Å². The van der Waals surface area contributed by atoms with Gasteiger partial charge in [-0.2, -0.15) is 0 Å². The van der Waals surface area contributed by atoms with E-state index in [0.717, 1.165) is 30.6 Å². The number of aryl methyl sites for hydroxylation is 1. The fourth-order valence-electron chi connectivity index (χ4n) is 4.78. The lowest BCUT2D eigenvalue weighted by Crippen LogP contribution is -2.34. The Morgan fingerprint density at radius 2 is 1.89 bits per heavy atom. The molecule has 1 amide bonds. The van der Waals surface area contributed by atoms with E-state index in [-0.39, 0.29) is 11.3 Å². The molecule has 7 nitrogen and oxygen atoms in total. The molecule has 7 heteroatoms. The van der Waals surface area contributed by atoms with Gasteiger partial charge in [0.2, 0.25) is 5.78 Å². The zero-order chi connectivity index (χ0) is 26.5. The minimum atomic E-state index is -0.736. The first-order valence-corrected chi connectivity index (χ1v) is 12.7. The second kappa shape index (κ2) is 11.5. The number of amides is 1. The van der Waals surface area contributed by atoms with Gasteiger partial charge in [0.15, 0.2) is 11.5 Å². The first kappa shape index (κ1) is 26.2. The highest BCUT2D eigenvalue weighted by atomic mass is 16.5. The Morgan fingerprint density at radius 1 is 1.16 bits per heavy atom. The number of nitrogens with zero attached hydrogens (tertiary/aromatic N) is 2. The van der Waals surface area contributed by atoms with Crippen molar-refractivity contribution in [1.82, 2.24) is 9.80 Å². The molecule has 1 N–H and O–H groups in total. The van der Waals surface area contributed by atoms with Gasteiger partial charge in [0, 0.05) is 11.9 Å². The minimum Gasteiger partial charge on any atom is -0.503 e. The van der Waals surface area contributed by atoms with Crippen LogP contribution in [0.3, 0.4) is 0 Å². The summed E-state index contributed by atoms with van der Waals surface area (Å²) < 4.78 is 11.4. The number of hydrogen-bond acceptors (Lipinski definition) is 6. The van der Waals surface area contributed by atoms with Crippen molar-refractivity contribution in [1.29, 1.82) is 0 Å².